The van der Waals surface area contributed by atoms with Gasteiger partial charge in [0.25, 0.3) is 0 Å². The summed E-state index contributed by atoms with van der Waals surface area (Å²) >= 11 is 0. The SMILES string of the molecule is C#CCN(C)C(c1ccccc1)C(O)C(=O)C(C)(C)C.O=C(O)C(=O)O. The molecule has 0 aliphatic rings. The maximum atomic E-state index is 12.4. The third-order valence-electron chi connectivity index (χ3n) is 3.45. The second-order valence-electron chi connectivity index (χ2n) is 6.64. The zero-order valence-electron chi connectivity index (χ0n) is 15.3. The fourth-order valence-corrected chi connectivity index (χ4v) is 2.16. The largest absolute Gasteiger partial charge is 0.473 e. The van der Waals surface area contributed by atoms with Gasteiger partial charge < -0.3 is 15.3 Å². The van der Waals surface area contributed by atoms with Crippen molar-refractivity contribution in [3.63, 3.8) is 0 Å². The molecular weight excluding hydrogens is 338 g/mol. The van der Waals surface area contributed by atoms with E-state index < -0.39 is 29.5 Å². The van der Waals surface area contributed by atoms with E-state index in [1.807, 2.05) is 63.1 Å². The molecule has 0 radical (unpaired) electrons. The van der Waals surface area contributed by atoms with E-state index in [9.17, 15) is 9.90 Å². The summed E-state index contributed by atoms with van der Waals surface area (Å²) < 4.78 is 0. The topological polar surface area (TPSA) is 115 Å². The molecule has 0 saturated carbocycles. The number of aliphatic hydroxyl groups is 1. The number of ketones is 1. The van der Waals surface area contributed by atoms with E-state index in [1.54, 1.807) is 0 Å². The highest BCUT2D eigenvalue weighted by Gasteiger charge is 2.36. The van der Waals surface area contributed by atoms with Crippen molar-refractivity contribution in [2.45, 2.75) is 32.9 Å². The number of carbonyl (C=O) groups excluding carboxylic acids is 1. The van der Waals surface area contributed by atoms with E-state index in [2.05, 4.69) is 5.92 Å². The highest BCUT2D eigenvalue weighted by Crippen LogP contribution is 2.28. The summed E-state index contributed by atoms with van der Waals surface area (Å²) in [4.78, 5) is 32.4. The molecule has 0 aromatic heterocycles. The Morgan fingerprint density at radius 1 is 1.12 bits per heavy atom. The number of aliphatic carboxylic acids is 2. The number of hydrogen-bond acceptors (Lipinski definition) is 5. The monoisotopic (exact) mass is 363 g/mol. The van der Waals surface area contributed by atoms with Crippen LogP contribution in [0.3, 0.4) is 0 Å². The van der Waals surface area contributed by atoms with Crippen molar-refractivity contribution in [1.82, 2.24) is 4.90 Å². The summed E-state index contributed by atoms with van der Waals surface area (Å²) in [7, 11) is 1.82. The number of nitrogens with zero attached hydrogens (tertiary/aromatic N) is 1. The molecule has 7 heteroatoms. The van der Waals surface area contributed by atoms with Crippen LogP contribution in [0.25, 0.3) is 0 Å². The number of carboxylic acid groups (broad SMARTS) is 2. The summed E-state index contributed by atoms with van der Waals surface area (Å²) in [6.07, 6.45) is 4.25. The first kappa shape index (κ1) is 23.3. The summed E-state index contributed by atoms with van der Waals surface area (Å²) in [6.45, 7) is 5.79. The molecule has 0 fully saturated rings. The minimum atomic E-state index is -1.82. The number of likely N-dealkylation sites (N-methyl/N-ethyl adjacent to an activating group) is 1. The summed E-state index contributed by atoms with van der Waals surface area (Å²) in [6, 6.07) is 9.05. The maximum Gasteiger partial charge on any atom is 0.414 e. The summed E-state index contributed by atoms with van der Waals surface area (Å²) in [5.41, 5.74) is 0.291. The van der Waals surface area contributed by atoms with E-state index in [4.69, 9.17) is 26.2 Å². The number of rotatable bonds is 5. The number of carboxylic acids is 2. The lowest BCUT2D eigenvalue weighted by atomic mass is 9.83. The van der Waals surface area contributed by atoms with Crippen LogP contribution < -0.4 is 0 Å². The molecule has 0 aliphatic heterocycles. The minimum absolute atomic E-state index is 0.185. The van der Waals surface area contributed by atoms with Gasteiger partial charge in [-0.1, -0.05) is 57.0 Å². The van der Waals surface area contributed by atoms with Gasteiger partial charge in [0.2, 0.25) is 0 Å². The zero-order valence-corrected chi connectivity index (χ0v) is 15.3. The minimum Gasteiger partial charge on any atom is -0.473 e. The Bertz CT molecular complexity index is 645. The molecule has 1 aromatic carbocycles. The van der Waals surface area contributed by atoms with Gasteiger partial charge in [0, 0.05) is 5.41 Å². The Hall–Kier alpha value is -2.69. The lowest BCUT2D eigenvalue weighted by Gasteiger charge is -2.33. The molecule has 0 spiro atoms. The van der Waals surface area contributed by atoms with E-state index in [-0.39, 0.29) is 5.78 Å². The standard InChI is InChI=1S/C17H23NO2.C2H2O4/c1-6-12-18(5)14(13-10-8-7-9-11-13)15(19)16(20)17(2,3)4;3-1(4)2(5)6/h1,7-11,14-15,19H,12H2,2-5H3;(H,3,4)(H,5,6). The van der Waals surface area contributed by atoms with Crippen LogP contribution in [-0.4, -0.2) is 57.6 Å². The van der Waals surface area contributed by atoms with Gasteiger partial charge in [-0.15, -0.1) is 6.42 Å². The van der Waals surface area contributed by atoms with Crippen LogP contribution in [0.15, 0.2) is 30.3 Å². The molecule has 2 atom stereocenters. The molecule has 0 aliphatic carbocycles. The van der Waals surface area contributed by atoms with Crippen LogP contribution in [0.4, 0.5) is 0 Å². The molecular formula is C19H25NO6. The first-order chi connectivity index (χ1) is 11.9. The van der Waals surface area contributed by atoms with Gasteiger partial charge in [0.1, 0.15) is 6.10 Å². The number of hydrogen-bond donors (Lipinski definition) is 3. The zero-order chi connectivity index (χ0) is 20.5. The molecule has 1 rings (SSSR count). The second kappa shape index (κ2) is 10.3. The Balaban J connectivity index is 0.000000896. The van der Waals surface area contributed by atoms with Crippen molar-refractivity contribution in [3.8, 4) is 12.3 Å². The van der Waals surface area contributed by atoms with E-state index in [0.717, 1.165) is 5.56 Å². The van der Waals surface area contributed by atoms with Crippen LogP contribution >= 0.6 is 0 Å². The molecule has 3 N–H and O–H groups in total. The molecule has 26 heavy (non-hydrogen) atoms. The number of Topliss-reactive ketones (excluding diaryl/α,β-unsaturated/α-hetero) is 1. The maximum absolute atomic E-state index is 12.4. The van der Waals surface area contributed by atoms with Crippen LogP contribution in [0.1, 0.15) is 32.4 Å². The van der Waals surface area contributed by atoms with Gasteiger partial charge in [0.15, 0.2) is 5.78 Å². The Morgan fingerprint density at radius 3 is 1.92 bits per heavy atom. The van der Waals surface area contributed by atoms with E-state index >= 15 is 0 Å². The average Bonchev–Trinajstić information content (AvgIpc) is 2.55. The fraction of sp³-hybridized carbons (Fsp3) is 0.421. The lowest BCUT2D eigenvalue weighted by molar-refractivity contribution is -0.159. The van der Waals surface area contributed by atoms with Gasteiger partial charge in [-0.2, -0.15) is 0 Å². The van der Waals surface area contributed by atoms with Crippen molar-refractivity contribution in [2.24, 2.45) is 5.41 Å². The Morgan fingerprint density at radius 2 is 1.58 bits per heavy atom. The second-order valence-corrected chi connectivity index (χ2v) is 6.64. The Kier molecular flexibility index (Phi) is 9.27. The molecule has 0 saturated heterocycles. The van der Waals surface area contributed by atoms with Gasteiger partial charge in [0.05, 0.1) is 12.6 Å². The van der Waals surface area contributed by atoms with Crippen molar-refractivity contribution in [2.75, 3.05) is 13.6 Å². The normalized spacial score (nSPS) is 13.0. The van der Waals surface area contributed by atoms with Gasteiger partial charge in [-0.3, -0.25) is 9.69 Å². The van der Waals surface area contributed by atoms with E-state index in [1.165, 1.54) is 0 Å². The Labute approximate surface area is 153 Å². The van der Waals surface area contributed by atoms with Gasteiger partial charge in [-0.25, -0.2) is 9.59 Å². The third kappa shape index (κ3) is 7.47. The average molecular weight is 363 g/mol. The summed E-state index contributed by atoms with van der Waals surface area (Å²) in [5, 5.41) is 25.3. The number of terminal acetylenes is 1. The van der Waals surface area contributed by atoms with Crippen LogP contribution in [0.2, 0.25) is 0 Å². The predicted molar refractivity (Wildman–Crippen MR) is 96.4 cm³/mol. The number of aliphatic hydroxyl groups excluding tert-OH is 1. The van der Waals surface area contributed by atoms with Crippen LogP contribution in [0, 0.1) is 17.8 Å². The first-order valence-electron chi connectivity index (χ1n) is 7.80. The smallest absolute Gasteiger partial charge is 0.414 e. The number of benzene rings is 1. The highest BCUT2D eigenvalue weighted by molar-refractivity contribution is 6.27. The van der Waals surface area contributed by atoms with Crippen molar-refractivity contribution in [1.29, 1.82) is 0 Å². The molecule has 0 heterocycles. The van der Waals surface area contributed by atoms with E-state index in [0.29, 0.717) is 6.54 Å². The highest BCUT2D eigenvalue weighted by atomic mass is 16.4. The molecule has 1 aromatic rings. The van der Waals surface area contributed by atoms with Crippen molar-refractivity contribution < 1.29 is 29.7 Å². The number of carbonyl (C=O) groups is 3. The predicted octanol–water partition coefficient (Wildman–Crippen LogP) is 1.42. The van der Waals surface area contributed by atoms with Crippen molar-refractivity contribution >= 4 is 17.7 Å². The molecule has 0 bridgehead atoms. The quantitative estimate of drug-likeness (QED) is 0.535. The summed E-state index contributed by atoms with van der Waals surface area (Å²) in [5.74, 6) is -1.28. The molecule has 0 amide bonds. The van der Waals surface area contributed by atoms with Gasteiger partial charge in [-0.05, 0) is 12.6 Å². The van der Waals surface area contributed by atoms with Gasteiger partial charge >= 0.3 is 11.9 Å². The third-order valence-corrected chi connectivity index (χ3v) is 3.45. The molecule has 7 nitrogen and oxygen atoms in total. The lowest BCUT2D eigenvalue weighted by Crippen LogP contribution is -2.43. The molecule has 2 unspecified atom stereocenters. The fourth-order valence-electron chi connectivity index (χ4n) is 2.16. The molecule has 142 valence electrons. The van der Waals surface area contributed by atoms with Crippen LogP contribution in [0.5, 0.6) is 0 Å². The first-order valence-corrected chi connectivity index (χ1v) is 7.80. The van der Waals surface area contributed by atoms with Crippen LogP contribution in [-0.2, 0) is 14.4 Å². The van der Waals surface area contributed by atoms with Crippen molar-refractivity contribution in [3.05, 3.63) is 35.9 Å².